The van der Waals surface area contributed by atoms with E-state index in [0.717, 1.165) is 24.1 Å². The number of aryl methyl sites for hydroxylation is 1. The molecule has 108 valence electrons. The van der Waals surface area contributed by atoms with E-state index in [4.69, 9.17) is 5.73 Å². The first-order chi connectivity index (χ1) is 8.49. The lowest BCUT2D eigenvalue weighted by Gasteiger charge is -2.08. The summed E-state index contributed by atoms with van der Waals surface area (Å²) in [5.41, 5.74) is 7.82. The fourth-order valence-corrected chi connectivity index (χ4v) is 1.60. The van der Waals surface area contributed by atoms with Crippen molar-refractivity contribution in [1.29, 1.82) is 0 Å². The molecule has 19 heavy (non-hydrogen) atoms. The van der Waals surface area contributed by atoms with Gasteiger partial charge < -0.3 is 11.1 Å². The van der Waals surface area contributed by atoms with Crippen LogP contribution in [-0.2, 0) is 6.42 Å². The van der Waals surface area contributed by atoms with Crippen molar-refractivity contribution in [2.24, 2.45) is 16.6 Å². The maximum atomic E-state index is 12.9. The largest absolute Gasteiger partial charge is 0.370 e. The van der Waals surface area contributed by atoms with Gasteiger partial charge in [0.15, 0.2) is 5.96 Å². The minimum Gasteiger partial charge on any atom is -0.370 e. The third-order valence-electron chi connectivity index (χ3n) is 2.63. The molecular weight excluding hydrogens is 356 g/mol. The van der Waals surface area contributed by atoms with Crippen LogP contribution in [0.2, 0.25) is 0 Å². The van der Waals surface area contributed by atoms with Crippen LogP contribution in [0.25, 0.3) is 0 Å². The minimum absolute atomic E-state index is 0. The summed E-state index contributed by atoms with van der Waals surface area (Å²) in [5, 5.41) is 3.06. The van der Waals surface area contributed by atoms with E-state index >= 15 is 0 Å². The van der Waals surface area contributed by atoms with Crippen molar-refractivity contribution < 1.29 is 4.39 Å². The molecule has 0 amide bonds. The topological polar surface area (TPSA) is 50.4 Å². The molecule has 1 aromatic rings. The molecule has 0 aliphatic heterocycles. The molecule has 3 N–H and O–H groups in total. The number of benzene rings is 1. The van der Waals surface area contributed by atoms with E-state index in [1.165, 1.54) is 6.07 Å². The molecule has 1 aromatic carbocycles. The smallest absolute Gasteiger partial charge is 0.188 e. The zero-order chi connectivity index (χ0) is 13.5. The Labute approximate surface area is 131 Å². The summed E-state index contributed by atoms with van der Waals surface area (Å²) in [5.74, 6) is 0.787. The molecule has 0 bridgehead atoms. The van der Waals surface area contributed by atoms with Crippen molar-refractivity contribution in [2.75, 3.05) is 13.1 Å². The number of aliphatic imine (C=N–C) groups is 1. The SMILES string of the molecule is Cc1cc(F)ccc1CCNC(N)=NCC(C)C.I. The molecule has 0 radical (unpaired) electrons. The van der Waals surface area contributed by atoms with E-state index < -0.39 is 0 Å². The van der Waals surface area contributed by atoms with Gasteiger partial charge in [-0.25, -0.2) is 4.39 Å². The van der Waals surface area contributed by atoms with Gasteiger partial charge in [0.1, 0.15) is 5.82 Å². The third kappa shape index (κ3) is 7.34. The number of rotatable bonds is 5. The summed E-state index contributed by atoms with van der Waals surface area (Å²) in [6.07, 6.45) is 0.810. The number of nitrogens with one attached hydrogen (secondary N) is 1. The normalized spacial score (nSPS) is 11.3. The van der Waals surface area contributed by atoms with E-state index in [1.807, 2.05) is 13.0 Å². The summed E-state index contributed by atoms with van der Waals surface area (Å²) in [7, 11) is 0. The van der Waals surface area contributed by atoms with Gasteiger partial charge in [-0.1, -0.05) is 19.9 Å². The number of nitrogens with zero attached hydrogens (tertiary/aromatic N) is 1. The molecule has 0 fully saturated rings. The number of guanidine groups is 1. The van der Waals surface area contributed by atoms with Crippen LogP contribution >= 0.6 is 24.0 Å². The highest BCUT2D eigenvalue weighted by atomic mass is 127. The third-order valence-corrected chi connectivity index (χ3v) is 2.63. The Hall–Kier alpha value is -0.850. The van der Waals surface area contributed by atoms with Crippen LogP contribution in [0.5, 0.6) is 0 Å². The van der Waals surface area contributed by atoms with Gasteiger partial charge in [-0.15, -0.1) is 24.0 Å². The zero-order valence-corrected chi connectivity index (χ0v) is 14.1. The maximum Gasteiger partial charge on any atom is 0.188 e. The summed E-state index contributed by atoms with van der Waals surface area (Å²) in [6.45, 7) is 7.54. The summed E-state index contributed by atoms with van der Waals surface area (Å²) in [4.78, 5) is 4.21. The predicted molar refractivity (Wildman–Crippen MR) is 89.6 cm³/mol. The van der Waals surface area contributed by atoms with Gasteiger partial charge in [0.25, 0.3) is 0 Å². The molecule has 1 rings (SSSR count). The Kier molecular flexibility index (Phi) is 8.71. The number of hydrogen-bond acceptors (Lipinski definition) is 1. The first-order valence-electron chi connectivity index (χ1n) is 6.28. The van der Waals surface area contributed by atoms with Crippen molar-refractivity contribution in [1.82, 2.24) is 5.32 Å². The standard InChI is InChI=1S/C14H22FN3.HI/c1-10(2)9-18-14(16)17-7-6-12-4-5-13(15)8-11(12)3;/h4-5,8,10H,6-7,9H2,1-3H3,(H3,16,17,18);1H. The molecule has 0 saturated heterocycles. The van der Waals surface area contributed by atoms with E-state index in [9.17, 15) is 4.39 Å². The van der Waals surface area contributed by atoms with E-state index in [2.05, 4.69) is 24.2 Å². The van der Waals surface area contributed by atoms with Crippen molar-refractivity contribution in [3.05, 3.63) is 35.1 Å². The minimum atomic E-state index is -0.192. The highest BCUT2D eigenvalue weighted by Crippen LogP contribution is 2.10. The molecule has 0 aliphatic carbocycles. The molecular formula is C14H23FIN3. The first kappa shape index (κ1) is 18.1. The van der Waals surface area contributed by atoms with Gasteiger partial charge in [0.2, 0.25) is 0 Å². The molecule has 0 heterocycles. The van der Waals surface area contributed by atoms with Crippen LogP contribution in [-0.4, -0.2) is 19.0 Å². The molecule has 3 nitrogen and oxygen atoms in total. The fraction of sp³-hybridized carbons (Fsp3) is 0.500. The molecule has 0 spiro atoms. The number of halogens is 2. The van der Waals surface area contributed by atoms with Gasteiger partial charge >= 0.3 is 0 Å². The molecule has 0 aliphatic rings. The average Bonchev–Trinajstić information content (AvgIpc) is 2.29. The monoisotopic (exact) mass is 379 g/mol. The fourth-order valence-electron chi connectivity index (χ4n) is 1.60. The van der Waals surface area contributed by atoms with Crippen LogP contribution in [0, 0.1) is 18.7 Å². The first-order valence-corrected chi connectivity index (χ1v) is 6.28. The number of hydrogen-bond donors (Lipinski definition) is 2. The van der Waals surface area contributed by atoms with Crippen LogP contribution in [0.4, 0.5) is 4.39 Å². The van der Waals surface area contributed by atoms with Crippen molar-refractivity contribution >= 4 is 29.9 Å². The van der Waals surface area contributed by atoms with Gasteiger partial charge in [0.05, 0.1) is 0 Å². The second-order valence-electron chi connectivity index (χ2n) is 4.87. The second-order valence-corrected chi connectivity index (χ2v) is 4.87. The Bertz CT molecular complexity index is 419. The van der Waals surface area contributed by atoms with Gasteiger partial charge in [0, 0.05) is 13.1 Å². The highest BCUT2D eigenvalue weighted by molar-refractivity contribution is 14.0. The lowest BCUT2D eigenvalue weighted by molar-refractivity contribution is 0.625. The Morgan fingerprint density at radius 3 is 2.68 bits per heavy atom. The van der Waals surface area contributed by atoms with Crippen LogP contribution in [0.3, 0.4) is 0 Å². The number of nitrogens with two attached hydrogens (primary N) is 1. The average molecular weight is 379 g/mol. The molecule has 0 saturated carbocycles. The van der Waals surface area contributed by atoms with Gasteiger partial charge in [-0.2, -0.15) is 0 Å². The lowest BCUT2D eigenvalue weighted by Crippen LogP contribution is -2.33. The Morgan fingerprint density at radius 2 is 2.11 bits per heavy atom. The molecule has 5 heteroatoms. The van der Waals surface area contributed by atoms with E-state index in [1.54, 1.807) is 6.07 Å². The summed E-state index contributed by atoms with van der Waals surface area (Å²) in [6, 6.07) is 4.85. The molecule has 0 atom stereocenters. The van der Waals surface area contributed by atoms with Crippen molar-refractivity contribution in [3.8, 4) is 0 Å². The van der Waals surface area contributed by atoms with Crippen LogP contribution in [0.15, 0.2) is 23.2 Å². The van der Waals surface area contributed by atoms with E-state index in [0.29, 0.717) is 18.4 Å². The molecule has 0 aromatic heterocycles. The zero-order valence-electron chi connectivity index (χ0n) is 11.7. The molecule has 0 unspecified atom stereocenters. The van der Waals surface area contributed by atoms with Crippen molar-refractivity contribution in [3.63, 3.8) is 0 Å². The van der Waals surface area contributed by atoms with E-state index in [-0.39, 0.29) is 29.8 Å². The van der Waals surface area contributed by atoms with Gasteiger partial charge in [-0.3, -0.25) is 4.99 Å². The predicted octanol–water partition coefficient (Wildman–Crippen LogP) is 2.85. The summed E-state index contributed by atoms with van der Waals surface area (Å²) >= 11 is 0. The quantitative estimate of drug-likeness (QED) is 0.470. The highest BCUT2D eigenvalue weighted by Gasteiger charge is 2.00. The van der Waals surface area contributed by atoms with Crippen LogP contribution < -0.4 is 11.1 Å². The Morgan fingerprint density at radius 1 is 1.42 bits per heavy atom. The lowest BCUT2D eigenvalue weighted by atomic mass is 10.1. The van der Waals surface area contributed by atoms with Crippen molar-refractivity contribution in [2.45, 2.75) is 27.2 Å². The van der Waals surface area contributed by atoms with Gasteiger partial charge in [-0.05, 0) is 42.5 Å². The second kappa shape index (κ2) is 9.12. The Balaban J connectivity index is 0.00000324. The van der Waals surface area contributed by atoms with Crippen LogP contribution in [0.1, 0.15) is 25.0 Å². The summed E-state index contributed by atoms with van der Waals surface area (Å²) < 4.78 is 12.9. The maximum absolute atomic E-state index is 12.9.